The molecule has 0 bridgehead atoms. The van der Waals surface area contributed by atoms with E-state index in [1.54, 1.807) is 0 Å². The van der Waals surface area contributed by atoms with E-state index in [1.165, 1.54) is 24.0 Å². The van der Waals surface area contributed by atoms with E-state index in [-0.39, 0.29) is 0 Å². The summed E-state index contributed by atoms with van der Waals surface area (Å²) in [4.78, 5) is 13.6. The van der Waals surface area contributed by atoms with Crippen molar-refractivity contribution in [2.45, 2.75) is 45.1 Å². The zero-order valence-corrected chi connectivity index (χ0v) is 12.1. The molecule has 1 aliphatic heterocycles. The Kier molecular flexibility index (Phi) is 3.55. The van der Waals surface area contributed by atoms with Gasteiger partial charge in [-0.3, -0.25) is 9.69 Å². The van der Waals surface area contributed by atoms with Gasteiger partial charge >= 0.3 is 5.97 Å². The minimum Gasteiger partial charge on any atom is -0.481 e. The van der Waals surface area contributed by atoms with Crippen molar-refractivity contribution in [2.75, 3.05) is 13.1 Å². The maximum absolute atomic E-state index is 11.2. The number of hydrogen-bond donors (Lipinski definition) is 1. The third-order valence-corrected chi connectivity index (χ3v) is 4.88. The zero-order valence-electron chi connectivity index (χ0n) is 12.1. The van der Waals surface area contributed by atoms with Gasteiger partial charge in [-0.25, -0.2) is 0 Å². The average Bonchev–Trinajstić information content (AvgIpc) is 3.26. The van der Waals surface area contributed by atoms with Crippen molar-refractivity contribution in [3.05, 3.63) is 35.4 Å². The van der Waals surface area contributed by atoms with Gasteiger partial charge in [0.05, 0.1) is 5.41 Å². The van der Waals surface area contributed by atoms with Crippen molar-refractivity contribution in [1.29, 1.82) is 0 Å². The third-order valence-electron chi connectivity index (χ3n) is 4.88. The molecule has 0 radical (unpaired) electrons. The highest BCUT2D eigenvalue weighted by molar-refractivity contribution is 5.74. The highest BCUT2D eigenvalue weighted by Gasteiger charge is 2.36. The van der Waals surface area contributed by atoms with E-state index in [2.05, 4.69) is 29.2 Å². The molecule has 1 saturated heterocycles. The number of carboxylic acid groups (broad SMARTS) is 1. The van der Waals surface area contributed by atoms with E-state index in [0.717, 1.165) is 38.4 Å². The summed E-state index contributed by atoms with van der Waals surface area (Å²) >= 11 is 0. The lowest BCUT2D eigenvalue weighted by molar-refractivity contribution is -0.150. The molecule has 0 amide bonds. The summed E-state index contributed by atoms with van der Waals surface area (Å²) in [5, 5.41) is 9.26. The second-order valence-corrected chi connectivity index (χ2v) is 6.66. The molecule has 0 spiro atoms. The van der Waals surface area contributed by atoms with E-state index in [1.807, 2.05) is 6.92 Å². The molecule has 1 aromatic rings. The van der Waals surface area contributed by atoms with Crippen molar-refractivity contribution in [1.82, 2.24) is 4.90 Å². The maximum atomic E-state index is 11.2. The van der Waals surface area contributed by atoms with Crippen LogP contribution < -0.4 is 0 Å². The van der Waals surface area contributed by atoms with Crippen LogP contribution in [0.15, 0.2) is 24.3 Å². The molecule has 3 rings (SSSR count). The number of hydrogen-bond acceptors (Lipinski definition) is 2. The molecule has 1 aromatic carbocycles. The van der Waals surface area contributed by atoms with Gasteiger partial charge in [0.15, 0.2) is 0 Å². The molecule has 0 unspecified atom stereocenters. The molecule has 20 heavy (non-hydrogen) atoms. The molecule has 1 heterocycles. The fourth-order valence-electron chi connectivity index (χ4n) is 3.04. The van der Waals surface area contributed by atoms with Crippen molar-refractivity contribution < 1.29 is 9.90 Å². The van der Waals surface area contributed by atoms with E-state index >= 15 is 0 Å². The van der Waals surface area contributed by atoms with Crippen LogP contribution in [-0.2, 0) is 11.3 Å². The smallest absolute Gasteiger partial charge is 0.309 e. The average molecular weight is 273 g/mol. The first-order valence-corrected chi connectivity index (χ1v) is 7.61. The van der Waals surface area contributed by atoms with Crippen LogP contribution >= 0.6 is 0 Å². The van der Waals surface area contributed by atoms with Crippen LogP contribution in [0.25, 0.3) is 0 Å². The minimum absolute atomic E-state index is 0.521. The van der Waals surface area contributed by atoms with Gasteiger partial charge in [0.25, 0.3) is 0 Å². The second-order valence-electron chi connectivity index (χ2n) is 6.66. The first-order chi connectivity index (χ1) is 9.57. The van der Waals surface area contributed by atoms with Crippen molar-refractivity contribution in [3.8, 4) is 0 Å². The Bertz CT molecular complexity index is 499. The van der Waals surface area contributed by atoms with Crippen LogP contribution in [0.2, 0.25) is 0 Å². The number of benzene rings is 1. The van der Waals surface area contributed by atoms with Gasteiger partial charge in [0.2, 0.25) is 0 Å². The van der Waals surface area contributed by atoms with Crippen LogP contribution in [0.5, 0.6) is 0 Å². The number of nitrogens with zero attached hydrogens (tertiary/aromatic N) is 1. The summed E-state index contributed by atoms with van der Waals surface area (Å²) in [5.74, 6) is 0.152. The Balaban J connectivity index is 1.59. The van der Waals surface area contributed by atoms with Gasteiger partial charge in [-0.1, -0.05) is 24.3 Å². The first kappa shape index (κ1) is 13.6. The normalized spacial score (nSPS) is 22.6. The number of likely N-dealkylation sites (tertiary alicyclic amines) is 1. The Morgan fingerprint density at radius 3 is 2.65 bits per heavy atom. The van der Waals surface area contributed by atoms with Gasteiger partial charge in [-0.05, 0) is 62.7 Å². The lowest BCUT2D eigenvalue weighted by Gasteiger charge is -2.36. The molecule has 0 aromatic heterocycles. The number of aliphatic carboxylic acids is 1. The van der Waals surface area contributed by atoms with Crippen LogP contribution in [0.3, 0.4) is 0 Å². The van der Waals surface area contributed by atoms with Crippen LogP contribution in [-0.4, -0.2) is 29.1 Å². The minimum atomic E-state index is -0.645. The highest BCUT2D eigenvalue weighted by Crippen LogP contribution is 2.40. The Morgan fingerprint density at radius 1 is 1.35 bits per heavy atom. The largest absolute Gasteiger partial charge is 0.481 e. The standard InChI is InChI=1S/C17H23NO2/c1-17(16(19)20)7-9-18(10-8-17)12-13-3-2-4-15(11-13)14-5-6-14/h2-4,11,14H,5-10,12H2,1H3,(H,19,20). The van der Waals surface area contributed by atoms with Gasteiger partial charge in [0, 0.05) is 6.54 Å². The fourth-order valence-corrected chi connectivity index (χ4v) is 3.04. The lowest BCUT2D eigenvalue weighted by atomic mass is 9.80. The fraction of sp³-hybridized carbons (Fsp3) is 0.588. The van der Waals surface area contributed by atoms with E-state index in [9.17, 15) is 9.90 Å². The summed E-state index contributed by atoms with van der Waals surface area (Å²) in [6.07, 6.45) is 4.18. The first-order valence-electron chi connectivity index (χ1n) is 7.61. The molecule has 2 fully saturated rings. The van der Waals surface area contributed by atoms with E-state index in [0.29, 0.717) is 0 Å². The van der Waals surface area contributed by atoms with Crippen LogP contribution in [0.1, 0.15) is 49.7 Å². The molecule has 3 nitrogen and oxygen atoms in total. The zero-order chi connectivity index (χ0) is 14.2. The Labute approximate surface area is 120 Å². The van der Waals surface area contributed by atoms with Crippen molar-refractivity contribution in [2.24, 2.45) is 5.41 Å². The monoisotopic (exact) mass is 273 g/mol. The van der Waals surface area contributed by atoms with Crippen LogP contribution in [0, 0.1) is 5.41 Å². The van der Waals surface area contributed by atoms with E-state index in [4.69, 9.17) is 0 Å². The molecule has 1 saturated carbocycles. The van der Waals surface area contributed by atoms with Crippen molar-refractivity contribution >= 4 is 5.97 Å². The SMILES string of the molecule is CC1(C(=O)O)CCN(Cc2cccc(C3CC3)c2)CC1. The molecule has 3 heteroatoms. The van der Waals surface area contributed by atoms with Gasteiger partial charge in [0.1, 0.15) is 0 Å². The van der Waals surface area contributed by atoms with Gasteiger partial charge in [-0.15, -0.1) is 0 Å². The number of carboxylic acids is 1. The van der Waals surface area contributed by atoms with E-state index < -0.39 is 11.4 Å². The second kappa shape index (κ2) is 5.21. The highest BCUT2D eigenvalue weighted by atomic mass is 16.4. The van der Waals surface area contributed by atoms with Crippen LogP contribution in [0.4, 0.5) is 0 Å². The molecular weight excluding hydrogens is 250 g/mol. The topological polar surface area (TPSA) is 40.5 Å². The molecule has 108 valence electrons. The molecule has 1 aliphatic carbocycles. The predicted molar refractivity (Wildman–Crippen MR) is 78.7 cm³/mol. The Morgan fingerprint density at radius 2 is 2.05 bits per heavy atom. The maximum Gasteiger partial charge on any atom is 0.309 e. The van der Waals surface area contributed by atoms with Gasteiger partial charge < -0.3 is 5.11 Å². The summed E-state index contributed by atoms with van der Waals surface area (Å²) in [6.45, 7) is 4.60. The Hall–Kier alpha value is -1.35. The molecular formula is C17H23NO2. The summed E-state index contributed by atoms with van der Waals surface area (Å²) in [5.41, 5.74) is 2.33. The number of carbonyl (C=O) groups is 1. The van der Waals surface area contributed by atoms with Gasteiger partial charge in [-0.2, -0.15) is 0 Å². The number of rotatable bonds is 4. The quantitative estimate of drug-likeness (QED) is 0.915. The molecule has 1 N–H and O–H groups in total. The predicted octanol–water partition coefficient (Wildman–Crippen LogP) is 3.25. The summed E-state index contributed by atoms with van der Waals surface area (Å²) in [6, 6.07) is 8.92. The summed E-state index contributed by atoms with van der Waals surface area (Å²) < 4.78 is 0. The lowest BCUT2D eigenvalue weighted by Crippen LogP contribution is -2.42. The summed E-state index contributed by atoms with van der Waals surface area (Å²) in [7, 11) is 0. The molecule has 2 aliphatic rings. The molecule has 0 atom stereocenters. The van der Waals surface area contributed by atoms with Crippen molar-refractivity contribution in [3.63, 3.8) is 0 Å². The number of piperidine rings is 1. The third kappa shape index (κ3) is 2.88.